The highest BCUT2D eigenvalue weighted by Gasteiger charge is 1.93. The fraction of sp³-hybridized carbons (Fsp3) is 0.588. The van der Waals surface area contributed by atoms with E-state index in [0.717, 1.165) is 25.7 Å². The summed E-state index contributed by atoms with van der Waals surface area (Å²) in [4.78, 5) is 10.8. The molecule has 0 bridgehead atoms. The number of nitrogens with one attached hydrogen (secondary N) is 1. The van der Waals surface area contributed by atoms with Crippen LogP contribution in [0.25, 0.3) is 0 Å². The van der Waals surface area contributed by atoms with Gasteiger partial charge in [-0.15, -0.1) is 0 Å². The molecule has 0 saturated carbocycles. The van der Waals surface area contributed by atoms with Crippen molar-refractivity contribution in [3.63, 3.8) is 0 Å². The zero-order chi connectivity index (χ0) is 14.7. The second-order valence-electron chi connectivity index (χ2n) is 5.48. The van der Waals surface area contributed by atoms with E-state index in [1.807, 2.05) is 6.20 Å². The molecule has 0 amide bonds. The van der Waals surface area contributed by atoms with Crippen molar-refractivity contribution in [3.8, 4) is 0 Å². The molecule has 108 valence electrons. The normalized spacial score (nSPS) is 12.3. The van der Waals surface area contributed by atoms with Gasteiger partial charge in [-0.3, -0.25) is 4.79 Å². The molecule has 0 aromatic rings. The molecule has 1 N–H and O–H groups in total. The number of allylic oxidation sites excluding steroid dienone is 5. The number of ketones is 1. The Balaban J connectivity index is 3.86. The quantitative estimate of drug-likeness (QED) is 0.619. The smallest absolute Gasteiger partial charge is 0.148 e. The molecule has 0 atom stereocenters. The van der Waals surface area contributed by atoms with Crippen molar-refractivity contribution >= 4 is 5.78 Å². The number of Topliss-reactive ketones (excluding diaryl/α,β-unsaturated/α-hetero) is 1. The van der Waals surface area contributed by atoms with E-state index >= 15 is 0 Å². The summed E-state index contributed by atoms with van der Waals surface area (Å²) in [5.74, 6) is 0.166. The summed E-state index contributed by atoms with van der Waals surface area (Å²) >= 11 is 0. The number of carbonyl (C=O) groups is 1. The second-order valence-corrected chi connectivity index (χ2v) is 5.48. The Bertz CT molecular complexity index is 357. The van der Waals surface area contributed by atoms with Crippen molar-refractivity contribution in [2.24, 2.45) is 0 Å². The van der Waals surface area contributed by atoms with Crippen LogP contribution in [-0.4, -0.2) is 12.3 Å². The lowest BCUT2D eigenvalue weighted by atomic mass is 10.1. The number of hydrogen-bond acceptors (Lipinski definition) is 2. The molecule has 0 aliphatic carbocycles. The molecule has 0 fully saturated rings. The first-order chi connectivity index (χ1) is 8.91. The van der Waals surface area contributed by atoms with Crippen molar-refractivity contribution in [2.45, 2.75) is 60.3 Å². The Hall–Kier alpha value is -1.31. The molecule has 0 unspecified atom stereocenters. The number of hydrogen-bond donors (Lipinski definition) is 1. The van der Waals surface area contributed by atoms with Crippen molar-refractivity contribution in [1.82, 2.24) is 5.32 Å². The molecular weight excluding hydrogens is 234 g/mol. The van der Waals surface area contributed by atoms with Gasteiger partial charge in [0.2, 0.25) is 0 Å². The van der Waals surface area contributed by atoms with E-state index < -0.39 is 0 Å². The molecule has 0 saturated heterocycles. The van der Waals surface area contributed by atoms with Gasteiger partial charge >= 0.3 is 0 Å². The van der Waals surface area contributed by atoms with Crippen LogP contribution in [0, 0.1) is 0 Å². The fourth-order valence-electron chi connectivity index (χ4n) is 1.68. The molecule has 0 spiro atoms. The summed E-state index contributed by atoms with van der Waals surface area (Å²) in [5.41, 5.74) is 4.14. The maximum Gasteiger partial charge on any atom is 0.148 e. The lowest BCUT2D eigenvalue weighted by molar-refractivity contribution is -0.116. The van der Waals surface area contributed by atoms with E-state index in [-0.39, 0.29) is 5.78 Å². The number of carbonyl (C=O) groups excluding carboxylic acids is 1. The van der Waals surface area contributed by atoms with E-state index in [0.29, 0.717) is 6.54 Å². The topological polar surface area (TPSA) is 29.1 Å². The van der Waals surface area contributed by atoms with Crippen LogP contribution in [0.4, 0.5) is 0 Å². The lowest BCUT2D eigenvalue weighted by Gasteiger charge is -2.02. The van der Waals surface area contributed by atoms with Crippen molar-refractivity contribution < 1.29 is 4.79 Å². The summed E-state index contributed by atoms with van der Waals surface area (Å²) in [6.45, 7) is 10.6. The van der Waals surface area contributed by atoms with Crippen LogP contribution in [0.15, 0.2) is 35.1 Å². The fourth-order valence-corrected chi connectivity index (χ4v) is 1.68. The zero-order valence-corrected chi connectivity index (χ0v) is 13.2. The minimum atomic E-state index is 0.166. The van der Waals surface area contributed by atoms with E-state index in [1.165, 1.54) is 16.7 Å². The van der Waals surface area contributed by atoms with E-state index in [1.54, 1.807) is 6.92 Å². The van der Waals surface area contributed by atoms with Crippen LogP contribution < -0.4 is 5.32 Å². The molecule has 0 aromatic heterocycles. The Morgan fingerprint density at radius 2 is 1.47 bits per heavy atom. The van der Waals surface area contributed by atoms with Gasteiger partial charge < -0.3 is 5.32 Å². The molecule has 0 aromatic carbocycles. The van der Waals surface area contributed by atoms with E-state index in [4.69, 9.17) is 0 Å². The average Bonchev–Trinajstić information content (AvgIpc) is 2.27. The summed E-state index contributed by atoms with van der Waals surface area (Å²) in [6.07, 6.45) is 11.0. The molecule has 19 heavy (non-hydrogen) atoms. The molecule has 2 nitrogen and oxygen atoms in total. The third-order valence-electron chi connectivity index (χ3n) is 2.82. The van der Waals surface area contributed by atoms with Gasteiger partial charge in [-0.2, -0.15) is 0 Å². The largest absolute Gasteiger partial charge is 0.384 e. The van der Waals surface area contributed by atoms with Crippen LogP contribution >= 0.6 is 0 Å². The maximum absolute atomic E-state index is 10.8. The molecule has 0 aliphatic rings. The molecule has 0 rings (SSSR count). The third-order valence-corrected chi connectivity index (χ3v) is 2.82. The van der Waals surface area contributed by atoms with E-state index in [2.05, 4.69) is 45.2 Å². The Morgan fingerprint density at radius 1 is 0.895 bits per heavy atom. The molecular formula is C17H29NO. The van der Waals surface area contributed by atoms with Crippen LogP contribution in [0.1, 0.15) is 60.3 Å². The van der Waals surface area contributed by atoms with Crippen LogP contribution in [0.2, 0.25) is 0 Å². The molecule has 0 heterocycles. The van der Waals surface area contributed by atoms with Crippen LogP contribution in [-0.2, 0) is 4.79 Å². The number of rotatable bonds is 9. The summed E-state index contributed by atoms with van der Waals surface area (Å²) in [5, 5.41) is 3.03. The van der Waals surface area contributed by atoms with E-state index in [9.17, 15) is 4.79 Å². The lowest BCUT2D eigenvalue weighted by Crippen LogP contribution is -2.15. The first kappa shape index (κ1) is 17.7. The van der Waals surface area contributed by atoms with Gasteiger partial charge in [-0.25, -0.2) is 0 Å². The second kappa shape index (κ2) is 10.6. The monoisotopic (exact) mass is 263 g/mol. The van der Waals surface area contributed by atoms with Gasteiger partial charge in [0, 0.05) is 0 Å². The predicted molar refractivity (Wildman–Crippen MR) is 84.1 cm³/mol. The van der Waals surface area contributed by atoms with Gasteiger partial charge in [0.05, 0.1) is 6.54 Å². The summed E-state index contributed by atoms with van der Waals surface area (Å²) < 4.78 is 0. The summed E-state index contributed by atoms with van der Waals surface area (Å²) in [6, 6.07) is 0. The minimum Gasteiger partial charge on any atom is -0.384 e. The SMILES string of the molecule is CC(=O)CNC=C(C)CCC=C(C)CCC=C(C)C. The van der Waals surface area contributed by atoms with Gasteiger partial charge in [-0.05, 0) is 66.5 Å². The van der Waals surface area contributed by atoms with Crippen molar-refractivity contribution in [1.29, 1.82) is 0 Å². The highest BCUT2D eigenvalue weighted by atomic mass is 16.1. The zero-order valence-electron chi connectivity index (χ0n) is 13.2. The first-order valence-corrected chi connectivity index (χ1v) is 7.09. The van der Waals surface area contributed by atoms with Gasteiger partial charge in [0.1, 0.15) is 5.78 Å². The van der Waals surface area contributed by atoms with Gasteiger partial charge in [-0.1, -0.05) is 28.9 Å². The van der Waals surface area contributed by atoms with Gasteiger partial charge in [0.25, 0.3) is 0 Å². The maximum atomic E-state index is 10.8. The minimum absolute atomic E-state index is 0.166. The predicted octanol–water partition coefficient (Wildman–Crippen LogP) is 4.54. The van der Waals surface area contributed by atoms with Crippen LogP contribution in [0.3, 0.4) is 0 Å². The Morgan fingerprint density at radius 3 is 2.05 bits per heavy atom. The molecule has 2 heteroatoms. The molecule has 0 aliphatic heterocycles. The standard InChI is InChI=1S/C17H29NO/c1-14(2)8-6-9-15(3)10-7-11-16(4)12-18-13-17(5)19/h8,10,12,18H,6-7,9,11,13H2,1-5H3. The summed E-state index contributed by atoms with van der Waals surface area (Å²) in [7, 11) is 0. The highest BCUT2D eigenvalue weighted by molar-refractivity contribution is 5.77. The first-order valence-electron chi connectivity index (χ1n) is 7.09. The third kappa shape index (κ3) is 12.9. The van der Waals surface area contributed by atoms with Gasteiger partial charge in [0.15, 0.2) is 0 Å². The Kier molecular flexibility index (Phi) is 9.87. The highest BCUT2D eigenvalue weighted by Crippen LogP contribution is 2.10. The van der Waals surface area contributed by atoms with Crippen molar-refractivity contribution in [2.75, 3.05) is 6.54 Å². The average molecular weight is 263 g/mol. The Labute approximate surface area is 118 Å². The van der Waals surface area contributed by atoms with Crippen LogP contribution in [0.5, 0.6) is 0 Å². The molecule has 0 radical (unpaired) electrons. The van der Waals surface area contributed by atoms with Crippen molar-refractivity contribution in [3.05, 3.63) is 35.1 Å².